The number of hydrogen-bond acceptors (Lipinski definition) is 6. The Morgan fingerprint density at radius 1 is 1.18 bits per heavy atom. The summed E-state index contributed by atoms with van der Waals surface area (Å²) >= 11 is 0. The van der Waals surface area contributed by atoms with E-state index in [1.807, 2.05) is 25.1 Å². The maximum absolute atomic E-state index is 12.4. The Morgan fingerprint density at radius 3 is 2.60 bits per heavy atom. The standard InChI is InChI=1S/C32H42N6O2/c1-7-21-18-28(37(6)17-16-36(4)5)26(33)19-27(21)34-29(9-3)35-30(23(8-2)32(39)40)25-20-38-15-11-13-22-12-10-14-24(25)31(22)38/h8-10,12,14,18-20,34H,7,11,13,15-17,33H2,1-6H3,(H,39,40)/b23-8+,29-9+,35-30-. The molecule has 8 nitrogen and oxygen atoms in total. The monoisotopic (exact) mass is 542 g/mol. The third-order valence-electron chi connectivity index (χ3n) is 7.55. The fourth-order valence-corrected chi connectivity index (χ4v) is 5.35. The Bertz CT molecular complexity index is 1490. The summed E-state index contributed by atoms with van der Waals surface area (Å²) in [6, 6.07) is 10.3. The second-order valence-corrected chi connectivity index (χ2v) is 10.6. The summed E-state index contributed by atoms with van der Waals surface area (Å²) in [6.07, 6.45) is 8.42. The van der Waals surface area contributed by atoms with Gasteiger partial charge in [-0.25, -0.2) is 9.79 Å². The van der Waals surface area contributed by atoms with E-state index in [0.29, 0.717) is 17.2 Å². The number of carboxylic acid groups (broad SMARTS) is 1. The molecule has 0 fully saturated rings. The van der Waals surface area contributed by atoms with E-state index in [2.05, 4.69) is 72.1 Å². The van der Waals surface area contributed by atoms with Crippen LogP contribution < -0.4 is 16.0 Å². The molecule has 40 heavy (non-hydrogen) atoms. The van der Waals surface area contributed by atoms with E-state index in [4.69, 9.17) is 10.7 Å². The number of carbonyl (C=O) groups is 1. The van der Waals surface area contributed by atoms with E-state index in [1.165, 1.54) is 11.1 Å². The smallest absolute Gasteiger partial charge is 0.337 e. The fraction of sp³-hybridized carbons (Fsp3) is 0.375. The molecule has 8 heteroatoms. The molecule has 1 aromatic heterocycles. The van der Waals surface area contributed by atoms with Gasteiger partial charge in [-0.05, 0) is 76.5 Å². The highest BCUT2D eigenvalue weighted by molar-refractivity contribution is 6.30. The van der Waals surface area contributed by atoms with Gasteiger partial charge in [0, 0.05) is 49.5 Å². The maximum Gasteiger partial charge on any atom is 0.337 e. The first kappa shape index (κ1) is 29.0. The number of aliphatic imine (C=N–C) groups is 1. The number of rotatable bonds is 11. The molecule has 0 saturated heterocycles. The fourth-order valence-electron chi connectivity index (χ4n) is 5.35. The first-order valence-electron chi connectivity index (χ1n) is 14.0. The van der Waals surface area contributed by atoms with Gasteiger partial charge < -0.3 is 30.5 Å². The molecule has 0 aliphatic carbocycles. The number of nitrogens with zero attached hydrogens (tertiary/aromatic N) is 4. The summed E-state index contributed by atoms with van der Waals surface area (Å²) in [6.45, 7) is 8.44. The van der Waals surface area contributed by atoms with Crippen LogP contribution in [0.15, 0.2) is 65.1 Å². The lowest BCUT2D eigenvalue weighted by Crippen LogP contribution is -2.29. The molecule has 1 aliphatic rings. The number of para-hydroxylation sites is 1. The molecule has 0 atom stereocenters. The molecule has 0 radical (unpaired) electrons. The maximum atomic E-state index is 12.4. The van der Waals surface area contributed by atoms with Gasteiger partial charge in [-0.1, -0.05) is 31.2 Å². The summed E-state index contributed by atoms with van der Waals surface area (Å²) < 4.78 is 2.23. The van der Waals surface area contributed by atoms with Crippen molar-refractivity contribution in [3.05, 3.63) is 76.8 Å². The summed E-state index contributed by atoms with van der Waals surface area (Å²) in [5, 5.41) is 14.6. The molecule has 4 rings (SSSR count). The normalized spacial score (nSPS) is 14.2. The minimum Gasteiger partial charge on any atom is -0.478 e. The average Bonchev–Trinajstić information content (AvgIpc) is 3.31. The SMILES string of the molecule is C/C=C(/N=C(/C(=C\C)C(=O)O)c1cn2c3c(cccc13)CCC2)Nc1cc(N)c(N(C)CCN(C)C)cc1CC. The van der Waals surface area contributed by atoms with E-state index in [0.717, 1.165) is 66.8 Å². The number of likely N-dealkylation sites (N-methyl/N-ethyl adjacent to an activating group) is 2. The van der Waals surface area contributed by atoms with Gasteiger partial charge in [0.15, 0.2) is 0 Å². The van der Waals surface area contributed by atoms with Gasteiger partial charge in [-0.15, -0.1) is 0 Å². The van der Waals surface area contributed by atoms with E-state index in [9.17, 15) is 9.90 Å². The van der Waals surface area contributed by atoms with Crippen molar-refractivity contribution in [1.82, 2.24) is 9.47 Å². The van der Waals surface area contributed by atoms with Crippen LogP contribution >= 0.6 is 0 Å². The van der Waals surface area contributed by atoms with Crippen molar-refractivity contribution in [2.45, 2.75) is 46.6 Å². The summed E-state index contributed by atoms with van der Waals surface area (Å²) in [5.74, 6) is -0.447. The molecule has 2 aromatic carbocycles. The Kier molecular flexibility index (Phi) is 9.00. The van der Waals surface area contributed by atoms with Gasteiger partial charge in [0.2, 0.25) is 0 Å². The minimum atomic E-state index is -1.01. The second kappa shape index (κ2) is 12.4. The number of allylic oxidation sites excluding steroid dienone is 2. The first-order valence-corrected chi connectivity index (χ1v) is 14.0. The van der Waals surface area contributed by atoms with E-state index in [-0.39, 0.29) is 5.57 Å². The Balaban J connectivity index is 1.77. The largest absolute Gasteiger partial charge is 0.478 e. The molecule has 0 spiro atoms. The Morgan fingerprint density at radius 2 is 1.95 bits per heavy atom. The summed E-state index contributed by atoms with van der Waals surface area (Å²) in [5.41, 5.74) is 14.0. The Hall–Kier alpha value is -4.04. The number of nitrogens with two attached hydrogens (primary N) is 1. The third kappa shape index (κ3) is 5.92. The van der Waals surface area contributed by atoms with Crippen molar-refractivity contribution in [2.75, 3.05) is 50.2 Å². The number of carboxylic acids is 1. The van der Waals surface area contributed by atoms with Crippen molar-refractivity contribution >= 4 is 39.6 Å². The van der Waals surface area contributed by atoms with Crippen LogP contribution in [0.25, 0.3) is 10.9 Å². The lowest BCUT2D eigenvalue weighted by atomic mass is 9.98. The molecule has 2 heterocycles. The zero-order valence-electron chi connectivity index (χ0n) is 24.6. The first-order chi connectivity index (χ1) is 19.2. The van der Waals surface area contributed by atoms with Crippen LogP contribution in [0.2, 0.25) is 0 Å². The van der Waals surface area contributed by atoms with Crippen molar-refractivity contribution in [2.24, 2.45) is 4.99 Å². The molecule has 1 aliphatic heterocycles. The van der Waals surface area contributed by atoms with Crippen LogP contribution in [0.1, 0.15) is 43.9 Å². The van der Waals surface area contributed by atoms with Crippen LogP contribution in [-0.4, -0.2) is 60.5 Å². The number of aromatic nitrogens is 1. The molecule has 0 saturated carbocycles. The minimum absolute atomic E-state index is 0.165. The van der Waals surface area contributed by atoms with Gasteiger partial charge >= 0.3 is 5.97 Å². The number of benzene rings is 2. The molecule has 3 aromatic rings. The second-order valence-electron chi connectivity index (χ2n) is 10.6. The van der Waals surface area contributed by atoms with Crippen molar-refractivity contribution < 1.29 is 9.90 Å². The molecule has 0 unspecified atom stereocenters. The Labute approximate surface area is 237 Å². The highest BCUT2D eigenvalue weighted by Crippen LogP contribution is 2.33. The third-order valence-corrected chi connectivity index (χ3v) is 7.55. The quantitative estimate of drug-likeness (QED) is 0.168. The zero-order valence-corrected chi connectivity index (χ0v) is 24.6. The van der Waals surface area contributed by atoms with E-state index >= 15 is 0 Å². The molecule has 0 bridgehead atoms. The molecule has 4 N–H and O–H groups in total. The van der Waals surface area contributed by atoms with Crippen molar-refractivity contribution in [3.8, 4) is 0 Å². The van der Waals surface area contributed by atoms with Crippen LogP contribution in [0, 0.1) is 0 Å². The van der Waals surface area contributed by atoms with Crippen LogP contribution in [0.5, 0.6) is 0 Å². The molecular weight excluding hydrogens is 500 g/mol. The van der Waals surface area contributed by atoms with Gasteiger partial charge in [-0.3, -0.25) is 0 Å². The number of aryl methyl sites for hydroxylation is 3. The number of nitrogen functional groups attached to an aromatic ring is 1. The van der Waals surface area contributed by atoms with Crippen molar-refractivity contribution in [1.29, 1.82) is 0 Å². The van der Waals surface area contributed by atoms with Gasteiger partial charge in [0.1, 0.15) is 5.82 Å². The lowest BCUT2D eigenvalue weighted by molar-refractivity contribution is -0.132. The van der Waals surface area contributed by atoms with Gasteiger partial charge in [-0.2, -0.15) is 0 Å². The topological polar surface area (TPSA) is 99.1 Å². The van der Waals surface area contributed by atoms with E-state index in [1.54, 1.807) is 13.0 Å². The number of hydrogen-bond donors (Lipinski definition) is 3. The predicted octanol–water partition coefficient (Wildman–Crippen LogP) is 5.52. The summed E-state index contributed by atoms with van der Waals surface area (Å²) in [4.78, 5) is 21.7. The lowest BCUT2D eigenvalue weighted by Gasteiger charge is -2.25. The molecule has 0 amide bonds. The van der Waals surface area contributed by atoms with Crippen molar-refractivity contribution in [3.63, 3.8) is 0 Å². The zero-order chi connectivity index (χ0) is 29.0. The molecular formula is C32H42N6O2. The van der Waals surface area contributed by atoms with Crippen LogP contribution in [-0.2, 0) is 24.2 Å². The van der Waals surface area contributed by atoms with Crippen LogP contribution in [0.4, 0.5) is 17.1 Å². The summed E-state index contributed by atoms with van der Waals surface area (Å²) in [7, 11) is 6.17. The number of anilines is 3. The average molecular weight is 543 g/mol. The highest BCUT2D eigenvalue weighted by Gasteiger charge is 2.24. The molecule has 212 valence electrons. The number of nitrogens with one attached hydrogen (secondary N) is 1. The highest BCUT2D eigenvalue weighted by atomic mass is 16.4. The predicted molar refractivity (Wildman–Crippen MR) is 168 cm³/mol. The number of aliphatic carboxylic acids is 1. The van der Waals surface area contributed by atoms with E-state index < -0.39 is 5.97 Å². The van der Waals surface area contributed by atoms with Gasteiger partial charge in [0.05, 0.1) is 28.2 Å². The van der Waals surface area contributed by atoms with Gasteiger partial charge in [0.25, 0.3) is 0 Å². The van der Waals surface area contributed by atoms with Crippen LogP contribution in [0.3, 0.4) is 0 Å².